The van der Waals surface area contributed by atoms with E-state index in [1.54, 1.807) is 24.1 Å². The molecule has 0 aromatic heterocycles. The van der Waals surface area contributed by atoms with Gasteiger partial charge in [0.15, 0.2) is 5.11 Å². The maximum Gasteiger partial charge on any atom is 0.269 e. The van der Waals surface area contributed by atoms with Crippen LogP contribution in [0.15, 0.2) is 35.5 Å². The molecule has 0 aliphatic carbocycles. The highest BCUT2D eigenvalue weighted by Gasteiger charge is 2.34. The number of hydrogen-bond donors (Lipinski definition) is 2. The number of thiocarbonyl (C=S) groups is 1. The maximum absolute atomic E-state index is 12.9. The Kier molecular flexibility index (Phi) is 5.12. The fourth-order valence-electron chi connectivity index (χ4n) is 2.61. The van der Waals surface area contributed by atoms with E-state index in [0.29, 0.717) is 21.9 Å². The molecule has 0 fully saturated rings. The van der Waals surface area contributed by atoms with Crippen molar-refractivity contribution in [1.82, 2.24) is 15.5 Å². The SMILES string of the molecule is CC1=C(C(=O)NC(C)(C)C)[C@@H](c2cccc([N+](=O)[O-])c2)NC(=S)N1C. The number of carbonyl (C=O) groups excluding carboxylic acids is 1. The molecule has 134 valence electrons. The number of nitro groups is 1. The Morgan fingerprint density at radius 1 is 1.40 bits per heavy atom. The molecule has 1 amide bonds. The van der Waals surface area contributed by atoms with Gasteiger partial charge in [0.1, 0.15) is 0 Å². The molecule has 1 aromatic rings. The number of nitrogens with zero attached hydrogens (tertiary/aromatic N) is 2. The Bertz CT molecular complexity index is 767. The van der Waals surface area contributed by atoms with Crippen LogP contribution in [0.1, 0.15) is 39.3 Å². The van der Waals surface area contributed by atoms with Crippen LogP contribution in [0.2, 0.25) is 0 Å². The van der Waals surface area contributed by atoms with Gasteiger partial charge in [0.25, 0.3) is 11.6 Å². The van der Waals surface area contributed by atoms with Crippen LogP contribution in [-0.4, -0.2) is 33.4 Å². The van der Waals surface area contributed by atoms with E-state index in [9.17, 15) is 14.9 Å². The minimum absolute atomic E-state index is 0.0302. The van der Waals surface area contributed by atoms with Gasteiger partial charge >= 0.3 is 0 Å². The van der Waals surface area contributed by atoms with Crippen LogP contribution in [-0.2, 0) is 4.79 Å². The van der Waals surface area contributed by atoms with Crippen LogP contribution in [0.3, 0.4) is 0 Å². The molecule has 8 heteroatoms. The number of rotatable bonds is 3. The first-order valence-electron chi connectivity index (χ1n) is 7.83. The fourth-order valence-corrected chi connectivity index (χ4v) is 2.86. The van der Waals surface area contributed by atoms with Gasteiger partial charge in [-0.15, -0.1) is 0 Å². The van der Waals surface area contributed by atoms with Crippen LogP contribution in [0.5, 0.6) is 0 Å². The Balaban J connectivity index is 2.53. The van der Waals surface area contributed by atoms with E-state index in [-0.39, 0.29) is 11.6 Å². The lowest BCUT2D eigenvalue weighted by Crippen LogP contribution is -2.50. The van der Waals surface area contributed by atoms with Crippen LogP contribution in [0, 0.1) is 10.1 Å². The summed E-state index contributed by atoms with van der Waals surface area (Å²) in [4.78, 5) is 25.2. The van der Waals surface area contributed by atoms with E-state index in [2.05, 4.69) is 10.6 Å². The summed E-state index contributed by atoms with van der Waals surface area (Å²) < 4.78 is 0. The van der Waals surface area contributed by atoms with Gasteiger partial charge in [-0.25, -0.2) is 0 Å². The summed E-state index contributed by atoms with van der Waals surface area (Å²) in [5.41, 5.74) is 1.38. The average molecular weight is 362 g/mol. The van der Waals surface area contributed by atoms with E-state index in [1.165, 1.54) is 12.1 Å². The molecule has 0 radical (unpaired) electrons. The minimum atomic E-state index is -0.550. The number of hydrogen-bond acceptors (Lipinski definition) is 4. The lowest BCUT2D eigenvalue weighted by atomic mass is 9.93. The number of carbonyl (C=O) groups is 1. The van der Waals surface area contributed by atoms with Crippen molar-refractivity contribution in [2.45, 2.75) is 39.3 Å². The zero-order chi connectivity index (χ0) is 18.9. The van der Waals surface area contributed by atoms with Gasteiger partial charge in [0, 0.05) is 30.4 Å². The second-order valence-corrected chi connectivity index (χ2v) is 7.38. The molecule has 1 heterocycles. The molecule has 7 nitrogen and oxygen atoms in total. The number of amides is 1. The maximum atomic E-state index is 12.9. The van der Waals surface area contributed by atoms with Gasteiger partial charge in [-0.1, -0.05) is 12.1 Å². The van der Waals surface area contributed by atoms with E-state index in [4.69, 9.17) is 12.2 Å². The zero-order valence-corrected chi connectivity index (χ0v) is 15.7. The van der Waals surface area contributed by atoms with Gasteiger partial charge in [0.2, 0.25) is 0 Å². The topological polar surface area (TPSA) is 87.5 Å². The molecule has 0 bridgehead atoms. The van der Waals surface area contributed by atoms with Crippen molar-refractivity contribution in [3.05, 3.63) is 51.2 Å². The third-order valence-electron chi connectivity index (χ3n) is 3.90. The third kappa shape index (κ3) is 4.14. The first-order chi connectivity index (χ1) is 11.5. The summed E-state index contributed by atoms with van der Waals surface area (Å²) in [5.74, 6) is -0.233. The van der Waals surface area contributed by atoms with Crippen molar-refractivity contribution in [3.8, 4) is 0 Å². The third-order valence-corrected chi connectivity index (χ3v) is 4.29. The van der Waals surface area contributed by atoms with Gasteiger partial charge in [-0.05, 0) is 45.5 Å². The molecular formula is C17H22N4O3S. The van der Waals surface area contributed by atoms with Crippen LogP contribution in [0.4, 0.5) is 5.69 Å². The summed E-state index contributed by atoms with van der Waals surface area (Å²) in [6, 6.07) is 5.68. The number of nitro benzene ring substituents is 1. The van der Waals surface area contributed by atoms with Gasteiger partial charge < -0.3 is 15.5 Å². The van der Waals surface area contributed by atoms with Gasteiger partial charge in [-0.2, -0.15) is 0 Å². The summed E-state index contributed by atoms with van der Waals surface area (Å²) in [5, 5.41) is 17.6. The molecule has 0 saturated heterocycles. The van der Waals surface area contributed by atoms with Crippen LogP contribution >= 0.6 is 12.2 Å². The fraction of sp³-hybridized carbons (Fsp3) is 0.412. The minimum Gasteiger partial charge on any atom is -0.351 e. The second-order valence-electron chi connectivity index (χ2n) is 7.00. The number of non-ortho nitro benzene ring substituents is 1. The largest absolute Gasteiger partial charge is 0.351 e. The highest BCUT2D eigenvalue weighted by molar-refractivity contribution is 7.80. The molecule has 1 aliphatic rings. The Labute approximate surface area is 152 Å². The predicted octanol–water partition coefficient (Wildman–Crippen LogP) is 2.64. The van der Waals surface area contributed by atoms with Crippen molar-refractivity contribution in [3.63, 3.8) is 0 Å². The van der Waals surface area contributed by atoms with E-state index < -0.39 is 16.5 Å². The highest BCUT2D eigenvalue weighted by Crippen LogP contribution is 2.31. The Morgan fingerprint density at radius 2 is 2.04 bits per heavy atom. The van der Waals surface area contributed by atoms with E-state index in [0.717, 1.165) is 0 Å². The standard InChI is InChI=1S/C17H22N4O3S/c1-10-13(15(22)19-17(2,3)4)14(18-16(25)20(10)5)11-7-6-8-12(9-11)21(23)24/h6-9,14H,1-5H3,(H,18,25)(H,19,22)/t14-/m1/s1. The quantitative estimate of drug-likeness (QED) is 0.488. The molecule has 0 saturated carbocycles. The molecule has 1 atom stereocenters. The molecule has 2 rings (SSSR count). The number of allylic oxidation sites excluding steroid dienone is 1. The summed E-state index contributed by atoms with van der Waals surface area (Å²) >= 11 is 5.33. The number of nitrogens with one attached hydrogen (secondary N) is 2. The van der Waals surface area contributed by atoms with Crippen LogP contribution < -0.4 is 10.6 Å². The van der Waals surface area contributed by atoms with E-state index >= 15 is 0 Å². The molecule has 1 aromatic carbocycles. The van der Waals surface area contributed by atoms with Crippen molar-refractivity contribution in [2.75, 3.05) is 7.05 Å². The normalized spacial score (nSPS) is 18.0. The smallest absolute Gasteiger partial charge is 0.269 e. The zero-order valence-electron chi connectivity index (χ0n) is 14.9. The molecule has 0 spiro atoms. The summed E-state index contributed by atoms with van der Waals surface area (Å²) in [6.45, 7) is 7.50. The number of benzene rings is 1. The predicted molar refractivity (Wildman–Crippen MR) is 99.9 cm³/mol. The van der Waals surface area contributed by atoms with Gasteiger partial charge in [-0.3, -0.25) is 14.9 Å². The molecule has 0 unspecified atom stereocenters. The highest BCUT2D eigenvalue weighted by atomic mass is 32.1. The second kappa shape index (κ2) is 6.79. The van der Waals surface area contributed by atoms with Crippen LogP contribution in [0.25, 0.3) is 0 Å². The molecule has 1 aliphatic heterocycles. The van der Waals surface area contributed by atoms with E-state index in [1.807, 2.05) is 27.7 Å². The molecule has 2 N–H and O–H groups in total. The van der Waals surface area contributed by atoms with Crippen molar-refractivity contribution < 1.29 is 9.72 Å². The monoisotopic (exact) mass is 362 g/mol. The average Bonchev–Trinajstić information content (AvgIpc) is 2.50. The van der Waals surface area contributed by atoms with Crippen molar-refractivity contribution in [2.24, 2.45) is 0 Å². The van der Waals surface area contributed by atoms with Crippen molar-refractivity contribution in [1.29, 1.82) is 0 Å². The summed E-state index contributed by atoms with van der Waals surface area (Å²) in [7, 11) is 1.78. The Hall–Kier alpha value is -2.48. The van der Waals surface area contributed by atoms with Crippen molar-refractivity contribution >= 4 is 28.9 Å². The lowest BCUT2D eigenvalue weighted by molar-refractivity contribution is -0.384. The first kappa shape index (κ1) is 18.9. The Morgan fingerprint density at radius 3 is 2.60 bits per heavy atom. The van der Waals surface area contributed by atoms with Gasteiger partial charge in [0.05, 0.1) is 16.5 Å². The summed E-state index contributed by atoms with van der Waals surface area (Å²) in [6.07, 6.45) is 0. The lowest BCUT2D eigenvalue weighted by Gasteiger charge is -2.36. The first-order valence-corrected chi connectivity index (χ1v) is 8.24. The molecule has 25 heavy (non-hydrogen) atoms. The molecular weight excluding hydrogens is 340 g/mol.